The minimum atomic E-state index is -0.448. The van der Waals surface area contributed by atoms with Crippen LogP contribution in [0, 0.1) is 0 Å². The first-order chi connectivity index (χ1) is 7.47. The summed E-state index contributed by atoms with van der Waals surface area (Å²) < 4.78 is 0. The Bertz CT molecular complexity index is 344. The van der Waals surface area contributed by atoms with E-state index in [2.05, 4.69) is 10.3 Å². The smallest absolute Gasteiger partial charge is 0.237 e. The second-order valence-corrected chi connectivity index (χ2v) is 5.24. The van der Waals surface area contributed by atoms with Crippen molar-refractivity contribution in [3.05, 3.63) is 16.6 Å². The third kappa shape index (κ3) is 5.52. The lowest BCUT2D eigenvalue weighted by molar-refractivity contribution is -0.124. The van der Waals surface area contributed by atoms with E-state index in [1.165, 1.54) is 11.3 Å². The second kappa shape index (κ2) is 8.69. The Morgan fingerprint density at radius 1 is 1.56 bits per heavy atom. The molecule has 0 radical (unpaired) electrons. The van der Waals surface area contributed by atoms with Gasteiger partial charge in [0, 0.05) is 11.6 Å². The Labute approximate surface area is 125 Å². The van der Waals surface area contributed by atoms with E-state index < -0.39 is 11.6 Å². The molecule has 0 aliphatic rings. The van der Waals surface area contributed by atoms with Gasteiger partial charge in [-0.3, -0.25) is 4.79 Å². The van der Waals surface area contributed by atoms with Crippen molar-refractivity contribution in [2.45, 2.75) is 45.2 Å². The number of nitrogens with one attached hydrogen (secondary N) is 1. The second-order valence-electron chi connectivity index (χ2n) is 4.35. The van der Waals surface area contributed by atoms with Gasteiger partial charge < -0.3 is 11.1 Å². The molecule has 1 heterocycles. The van der Waals surface area contributed by atoms with Crippen molar-refractivity contribution in [2.75, 3.05) is 0 Å². The van der Waals surface area contributed by atoms with Gasteiger partial charge in [0.1, 0.15) is 5.01 Å². The molecule has 18 heavy (non-hydrogen) atoms. The zero-order chi connectivity index (χ0) is 12.2. The van der Waals surface area contributed by atoms with E-state index in [0.717, 1.165) is 11.4 Å². The number of thiazole rings is 1. The summed E-state index contributed by atoms with van der Waals surface area (Å²) in [6.07, 6.45) is 3.35. The zero-order valence-electron chi connectivity index (χ0n) is 10.8. The lowest BCUT2D eigenvalue weighted by atomic mass is 10.1. The highest BCUT2D eigenvalue weighted by Crippen LogP contribution is 2.21. The van der Waals surface area contributed by atoms with Crippen LogP contribution in [-0.2, 0) is 10.3 Å². The molecule has 0 bridgehead atoms. The Hall–Kier alpha value is -0.360. The van der Waals surface area contributed by atoms with Crippen molar-refractivity contribution in [1.82, 2.24) is 10.3 Å². The van der Waals surface area contributed by atoms with E-state index in [9.17, 15) is 4.79 Å². The fraction of sp³-hybridized carbons (Fsp3) is 0.636. The number of nitrogens with zero attached hydrogens (tertiary/aromatic N) is 1. The topological polar surface area (TPSA) is 68.0 Å². The number of nitrogens with two attached hydrogens (primary N) is 1. The monoisotopic (exact) mass is 313 g/mol. The van der Waals surface area contributed by atoms with Gasteiger partial charge in [-0.15, -0.1) is 36.2 Å². The van der Waals surface area contributed by atoms with Crippen LogP contribution in [0.5, 0.6) is 0 Å². The van der Waals surface area contributed by atoms with E-state index in [0.29, 0.717) is 6.42 Å². The maximum absolute atomic E-state index is 11.8. The molecule has 0 aromatic carbocycles. The normalized spacial score (nSPS) is 12.0. The Morgan fingerprint density at radius 3 is 2.61 bits per heavy atom. The minimum Gasteiger partial charge on any atom is -0.343 e. The Balaban J connectivity index is 0. The number of halogens is 2. The number of rotatable bonds is 5. The van der Waals surface area contributed by atoms with Crippen LogP contribution in [0.25, 0.3) is 0 Å². The first-order valence-corrected chi connectivity index (χ1v) is 6.33. The Kier molecular flexibility index (Phi) is 9.64. The first kappa shape index (κ1) is 20.0. The predicted octanol–water partition coefficient (Wildman–Crippen LogP) is 2.47. The maximum Gasteiger partial charge on any atom is 0.237 e. The SMILES string of the molecule is CCCC(N)C(=O)NC(C)(C)c1nccs1.Cl.Cl. The van der Waals surface area contributed by atoms with E-state index in [4.69, 9.17) is 5.73 Å². The predicted molar refractivity (Wildman–Crippen MR) is 80.7 cm³/mol. The van der Waals surface area contributed by atoms with Gasteiger partial charge in [0.25, 0.3) is 0 Å². The van der Waals surface area contributed by atoms with Crippen molar-refractivity contribution in [3.8, 4) is 0 Å². The molecule has 106 valence electrons. The summed E-state index contributed by atoms with van der Waals surface area (Å²) in [5, 5.41) is 5.72. The molecule has 1 rings (SSSR count). The highest BCUT2D eigenvalue weighted by atomic mass is 35.5. The largest absolute Gasteiger partial charge is 0.343 e. The van der Waals surface area contributed by atoms with Crippen LogP contribution in [0.4, 0.5) is 0 Å². The molecule has 0 spiro atoms. The van der Waals surface area contributed by atoms with Gasteiger partial charge in [0.15, 0.2) is 0 Å². The van der Waals surface area contributed by atoms with Gasteiger partial charge >= 0.3 is 0 Å². The van der Waals surface area contributed by atoms with Crippen molar-refractivity contribution in [2.24, 2.45) is 5.73 Å². The molecule has 1 amide bonds. The molecule has 7 heteroatoms. The first-order valence-electron chi connectivity index (χ1n) is 5.45. The molecule has 1 atom stereocenters. The highest BCUT2D eigenvalue weighted by Gasteiger charge is 2.27. The zero-order valence-corrected chi connectivity index (χ0v) is 13.3. The van der Waals surface area contributed by atoms with Crippen LogP contribution in [-0.4, -0.2) is 16.9 Å². The molecular weight excluding hydrogens is 293 g/mol. The van der Waals surface area contributed by atoms with Gasteiger partial charge in [-0.1, -0.05) is 13.3 Å². The molecular formula is C11H21Cl2N3OS. The standard InChI is InChI=1S/C11H19N3OS.2ClH/c1-4-5-8(12)9(15)14-11(2,3)10-13-6-7-16-10;;/h6-8H,4-5,12H2,1-3H3,(H,14,15);2*1H. The minimum absolute atomic E-state index is 0. The van der Waals surface area contributed by atoms with E-state index >= 15 is 0 Å². The highest BCUT2D eigenvalue weighted by molar-refractivity contribution is 7.09. The van der Waals surface area contributed by atoms with Crippen molar-refractivity contribution < 1.29 is 4.79 Å². The van der Waals surface area contributed by atoms with E-state index in [1.54, 1.807) is 6.20 Å². The van der Waals surface area contributed by atoms with E-state index in [1.807, 2.05) is 26.2 Å². The fourth-order valence-corrected chi connectivity index (χ4v) is 2.15. The van der Waals surface area contributed by atoms with E-state index in [-0.39, 0.29) is 30.7 Å². The summed E-state index contributed by atoms with van der Waals surface area (Å²) in [7, 11) is 0. The third-order valence-electron chi connectivity index (χ3n) is 2.34. The molecule has 0 fully saturated rings. The molecule has 1 unspecified atom stereocenters. The molecule has 3 N–H and O–H groups in total. The van der Waals surface area contributed by atoms with Gasteiger partial charge in [0.2, 0.25) is 5.91 Å². The third-order valence-corrected chi connectivity index (χ3v) is 3.44. The van der Waals surface area contributed by atoms with Crippen molar-refractivity contribution >= 4 is 42.1 Å². The average Bonchev–Trinajstić information content (AvgIpc) is 2.70. The Morgan fingerprint density at radius 2 is 2.17 bits per heavy atom. The summed E-state index contributed by atoms with van der Waals surface area (Å²) >= 11 is 1.53. The number of amides is 1. The van der Waals surface area contributed by atoms with Crippen LogP contribution in [0.2, 0.25) is 0 Å². The van der Waals surface area contributed by atoms with Gasteiger partial charge in [-0.25, -0.2) is 4.98 Å². The lowest BCUT2D eigenvalue weighted by Crippen LogP contribution is -2.48. The quantitative estimate of drug-likeness (QED) is 0.877. The van der Waals surface area contributed by atoms with Crippen LogP contribution in [0.1, 0.15) is 38.6 Å². The van der Waals surface area contributed by atoms with Crippen LogP contribution in [0.3, 0.4) is 0 Å². The lowest BCUT2D eigenvalue weighted by Gasteiger charge is -2.25. The number of carbonyl (C=O) groups is 1. The molecule has 0 aliphatic heterocycles. The van der Waals surface area contributed by atoms with Gasteiger partial charge in [-0.2, -0.15) is 0 Å². The molecule has 0 saturated heterocycles. The number of hydrogen-bond donors (Lipinski definition) is 2. The fourth-order valence-electron chi connectivity index (χ4n) is 1.43. The summed E-state index contributed by atoms with van der Waals surface area (Å²) in [6, 6.07) is -0.427. The number of hydrogen-bond acceptors (Lipinski definition) is 4. The summed E-state index contributed by atoms with van der Waals surface area (Å²) in [5.41, 5.74) is 5.31. The number of aromatic nitrogens is 1. The van der Waals surface area contributed by atoms with Gasteiger partial charge in [0.05, 0.1) is 11.6 Å². The van der Waals surface area contributed by atoms with Gasteiger partial charge in [-0.05, 0) is 20.3 Å². The van der Waals surface area contributed by atoms with Crippen molar-refractivity contribution in [1.29, 1.82) is 0 Å². The van der Waals surface area contributed by atoms with Crippen LogP contribution >= 0.6 is 36.2 Å². The molecule has 0 saturated carbocycles. The molecule has 1 aromatic heterocycles. The average molecular weight is 314 g/mol. The maximum atomic E-state index is 11.8. The summed E-state index contributed by atoms with van der Waals surface area (Å²) in [6.45, 7) is 5.88. The molecule has 0 aliphatic carbocycles. The number of carbonyl (C=O) groups excluding carboxylic acids is 1. The summed E-state index contributed by atoms with van der Waals surface area (Å²) in [5.74, 6) is -0.109. The summed E-state index contributed by atoms with van der Waals surface area (Å²) in [4.78, 5) is 16.0. The van der Waals surface area contributed by atoms with Crippen molar-refractivity contribution in [3.63, 3.8) is 0 Å². The molecule has 4 nitrogen and oxygen atoms in total. The molecule has 1 aromatic rings. The van der Waals surface area contributed by atoms with Crippen LogP contribution in [0.15, 0.2) is 11.6 Å². The van der Waals surface area contributed by atoms with Crippen LogP contribution < -0.4 is 11.1 Å².